The largest absolute Gasteiger partial charge is 0.461 e. The maximum absolute atomic E-state index is 11.9. The van der Waals surface area contributed by atoms with Crippen LogP contribution in [0.15, 0.2) is 15.9 Å². The van der Waals surface area contributed by atoms with E-state index in [4.69, 9.17) is 4.74 Å². The molecule has 0 aliphatic rings. The average Bonchev–Trinajstić information content (AvgIpc) is 2.99. The van der Waals surface area contributed by atoms with Gasteiger partial charge in [0.1, 0.15) is 0 Å². The van der Waals surface area contributed by atoms with Gasteiger partial charge in [-0.15, -0.1) is 16.4 Å². The van der Waals surface area contributed by atoms with Crippen molar-refractivity contribution in [3.8, 4) is 0 Å². The Labute approximate surface area is 130 Å². The lowest BCUT2D eigenvalue weighted by molar-refractivity contribution is 0.0518. The molecular weight excluding hydrogens is 342 g/mol. The molecule has 108 valence electrons. The zero-order valence-electron chi connectivity index (χ0n) is 11.4. The minimum Gasteiger partial charge on any atom is -0.461 e. The summed E-state index contributed by atoms with van der Waals surface area (Å²) in [7, 11) is 0. The van der Waals surface area contributed by atoms with E-state index in [1.54, 1.807) is 22.9 Å². The molecule has 0 aromatic carbocycles. The number of aromatic nitrogens is 3. The van der Waals surface area contributed by atoms with E-state index >= 15 is 0 Å². The zero-order chi connectivity index (χ0) is 14.5. The molecule has 2 heterocycles. The normalized spacial score (nSPS) is 10.8. The van der Waals surface area contributed by atoms with Gasteiger partial charge in [0.25, 0.3) is 0 Å². The Bertz CT molecular complexity index is 594. The fraction of sp³-hybridized carbons (Fsp3) is 0.462. The third-order valence-corrected chi connectivity index (χ3v) is 4.40. The standard InChI is InChI=1S/C13H16BrN3O2S/c1-3-5-11-12(13(18)19-4-2)15-16-17(11)7-10-6-9(14)8-20-10/h6,8H,3-5,7H2,1-2H3. The predicted molar refractivity (Wildman–Crippen MR) is 81.1 cm³/mol. The number of ether oxygens (including phenoxy) is 1. The second-order valence-electron chi connectivity index (χ2n) is 4.24. The molecule has 0 spiro atoms. The lowest BCUT2D eigenvalue weighted by atomic mass is 10.2. The van der Waals surface area contributed by atoms with Crippen LogP contribution < -0.4 is 0 Å². The Morgan fingerprint density at radius 1 is 1.50 bits per heavy atom. The summed E-state index contributed by atoms with van der Waals surface area (Å²) in [4.78, 5) is 13.0. The highest BCUT2D eigenvalue weighted by Crippen LogP contribution is 2.21. The van der Waals surface area contributed by atoms with Crippen LogP contribution in [0.2, 0.25) is 0 Å². The van der Waals surface area contributed by atoms with Crippen molar-refractivity contribution < 1.29 is 9.53 Å². The van der Waals surface area contributed by atoms with Crippen LogP contribution in [-0.4, -0.2) is 27.6 Å². The minimum atomic E-state index is -0.394. The number of hydrogen-bond acceptors (Lipinski definition) is 5. The van der Waals surface area contributed by atoms with E-state index in [0.717, 1.165) is 27.9 Å². The maximum atomic E-state index is 11.9. The lowest BCUT2D eigenvalue weighted by Gasteiger charge is -2.05. The topological polar surface area (TPSA) is 57.0 Å². The molecule has 2 aromatic rings. The quantitative estimate of drug-likeness (QED) is 0.744. The molecule has 7 heteroatoms. The summed E-state index contributed by atoms with van der Waals surface area (Å²) >= 11 is 5.08. The van der Waals surface area contributed by atoms with Gasteiger partial charge in [0.05, 0.1) is 18.8 Å². The molecule has 0 atom stereocenters. The van der Waals surface area contributed by atoms with E-state index in [1.165, 1.54) is 0 Å². The van der Waals surface area contributed by atoms with Crippen molar-refractivity contribution in [2.24, 2.45) is 0 Å². The SMILES string of the molecule is CCCc1c(C(=O)OCC)nnn1Cc1cc(Br)cs1. The Hall–Kier alpha value is -1.21. The van der Waals surface area contributed by atoms with Crippen molar-refractivity contribution in [1.82, 2.24) is 15.0 Å². The van der Waals surface area contributed by atoms with Crippen LogP contribution in [0.25, 0.3) is 0 Å². The van der Waals surface area contributed by atoms with Gasteiger partial charge in [-0.25, -0.2) is 9.48 Å². The van der Waals surface area contributed by atoms with E-state index in [2.05, 4.69) is 33.2 Å². The molecule has 2 aromatic heterocycles. The van der Waals surface area contributed by atoms with Gasteiger partial charge < -0.3 is 4.74 Å². The zero-order valence-corrected chi connectivity index (χ0v) is 13.8. The number of carbonyl (C=O) groups excluding carboxylic acids is 1. The summed E-state index contributed by atoms with van der Waals surface area (Å²) < 4.78 is 7.86. The summed E-state index contributed by atoms with van der Waals surface area (Å²) in [5.74, 6) is -0.394. The molecule has 0 saturated heterocycles. The Morgan fingerprint density at radius 2 is 2.30 bits per heavy atom. The maximum Gasteiger partial charge on any atom is 0.360 e. The van der Waals surface area contributed by atoms with E-state index < -0.39 is 5.97 Å². The van der Waals surface area contributed by atoms with Gasteiger partial charge in [-0.2, -0.15) is 0 Å². The Kier molecular flexibility index (Phi) is 5.31. The molecule has 0 aliphatic carbocycles. The fourth-order valence-corrected chi connectivity index (χ4v) is 3.32. The highest BCUT2D eigenvalue weighted by molar-refractivity contribution is 9.10. The Morgan fingerprint density at radius 3 is 2.90 bits per heavy atom. The van der Waals surface area contributed by atoms with E-state index in [1.807, 2.05) is 11.4 Å². The molecule has 0 saturated carbocycles. The van der Waals surface area contributed by atoms with E-state index in [-0.39, 0.29) is 0 Å². The molecular formula is C13H16BrN3O2S. The first kappa shape index (κ1) is 15.2. The van der Waals surface area contributed by atoms with Crippen molar-refractivity contribution in [2.45, 2.75) is 33.2 Å². The first-order chi connectivity index (χ1) is 9.65. The van der Waals surface area contributed by atoms with Gasteiger partial charge in [-0.3, -0.25) is 0 Å². The smallest absolute Gasteiger partial charge is 0.360 e. The van der Waals surface area contributed by atoms with Crippen molar-refractivity contribution in [2.75, 3.05) is 6.61 Å². The predicted octanol–water partition coefficient (Wildman–Crippen LogP) is 3.28. The highest BCUT2D eigenvalue weighted by atomic mass is 79.9. The van der Waals surface area contributed by atoms with E-state index in [0.29, 0.717) is 18.8 Å². The second kappa shape index (κ2) is 6.99. The summed E-state index contributed by atoms with van der Waals surface area (Å²) in [5, 5.41) is 10.1. The van der Waals surface area contributed by atoms with Gasteiger partial charge >= 0.3 is 5.97 Å². The monoisotopic (exact) mass is 357 g/mol. The summed E-state index contributed by atoms with van der Waals surface area (Å²) in [6, 6.07) is 2.05. The third-order valence-electron chi connectivity index (χ3n) is 2.72. The molecule has 0 aliphatic heterocycles. The summed E-state index contributed by atoms with van der Waals surface area (Å²) in [6.07, 6.45) is 1.68. The van der Waals surface area contributed by atoms with Gasteiger partial charge in [-0.05, 0) is 35.3 Å². The molecule has 0 bridgehead atoms. The summed E-state index contributed by atoms with van der Waals surface area (Å²) in [5.41, 5.74) is 1.18. The molecule has 0 amide bonds. The van der Waals surface area contributed by atoms with Gasteiger partial charge in [0.15, 0.2) is 5.69 Å². The molecule has 5 nitrogen and oxygen atoms in total. The van der Waals surface area contributed by atoms with Crippen LogP contribution in [0, 0.1) is 0 Å². The van der Waals surface area contributed by atoms with Gasteiger partial charge in [-0.1, -0.05) is 18.6 Å². The number of carbonyl (C=O) groups is 1. The number of thiophene rings is 1. The van der Waals surface area contributed by atoms with Crippen molar-refractivity contribution in [3.63, 3.8) is 0 Å². The molecule has 0 N–H and O–H groups in total. The Balaban J connectivity index is 2.26. The van der Waals surface area contributed by atoms with Gasteiger partial charge in [0, 0.05) is 14.7 Å². The number of esters is 1. The number of halogens is 1. The van der Waals surface area contributed by atoms with Crippen molar-refractivity contribution in [1.29, 1.82) is 0 Å². The van der Waals surface area contributed by atoms with Crippen molar-refractivity contribution >= 4 is 33.2 Å². The second-order valence-corrected chi connectivity index (χ2v) is 6.16. The number of nitrogens with zero attached hydrogens (tertiary/aromatic N) is 3. The van der Waals surface area contributed by atoms with Gasteiger partial charge in [0.2, 0.25) is 0 Å². The highest BCUT2D eigenvalue weighted by Gasteiger charge is 2.20. The first-order valence-corrected chi connectivity index (χ1v) is 8.15. The molecule has 0 fully saturated rings. The number of hydrogen-bond donors (Lipinski definition) is 0. The van der Waals surface area contributed by atoms with Crippen LogP contribution in [-0.2, 0) is 17.7 Å². The number of rotatable bonds is 6. The third kappa shape index (κ3) is 3.46. The molecule has 0 radical (unpaired) electrons. The molecule has 0 unspecified atom stereocenters. The molecule has 20 heavy (non-hydrogen) atoms. The fourth-order valence-electron chi connectivity index (χ4n) is 1.89. The van der Waals surface area contributed by atoms with Crippen LogP contribution in [0.3, 0.4) is 0 Å². The van der Waals surface area contributed by atoms with Crippen LogP contribution >= 0.6 is 27.3 Å². The van der Waals surface area contributed by atoms with Crippen LogP contribution in [0.1, 0.15) is 41.3 Å². The first-order valence-electron chi connectivity index (χ1n) is 6.48. The minimum absolute atomic E-state index is 0.337. The van der Waals surface area contributed by atoms with E-state index in [9.17, 15) is 4.79 Å². The lowest BCUT2D eigenvalue weighted by Crippen LogP contribution is -2.11. The average molecular weight is 358 g/mol. The van der Waals surface area contributed by atoms with Crippen LogP contribution in [0.4, 0.5) is 0 Å². The summed E-state index contributed by atoms with van der Waals surface area (Å²) in [6.45, 7) is 4.81. The van der Waals surface area contributed by atoms with Crippen molar-refractivity contribution in [3.05, 3.63) is 32.2 Å². The van der Waals surface area contributed by atoms with Crippen LogP contribution in [0.5, 0.6) is 0 Å². The molecule has 2 rings (SSSR count).